The summed E-state index contributed by atoms with van der Waals surface area (Å²) in [6.45, 7) is 1.95. The highest BCUT2D eigenvalue weighted by Gasteiger charge is 2.03. The lowest BCUT2D eigenvalue weighted by Crippen LogP contribution is -1.90. The van der Waals surface area contributed by atoms with Gasteiger partial charge in [-0.3, -0.25) is 0 Å². The molecule has 2 aromatic heterocycles. The van der Waals surface area contributed by atoms with Gasteiger partial charge >= 0.3 is 0 Å². The van der Waals surface area contributed by atoms with E-state index in [1.807, 2.05) is 25.1 Å². The third-order valence-corrected chi connectivity index (χ3v) is 3.22. The van der Waals surface area contributed by atoms with Crippen LogP contribution in [0.5, 0.6) is 0 Å². The monoisotopic (exact) mass is 251 g/mol. The number of hydrogen-bond donors (Lipinski definition) is 0. The minimum Gasteiger partial charge on any atom is -0.244 e. The molecule has 0 aliphatic heterocycles. The van der Waals surface area contributed by atoms with Crippen molar-refractivity contribution in [1.29, 1.82) is 0 Å². The maximum atomic E-state index is 5.96. The van der Waals surface area contributed by atoms with Crippen LogP contribution < -0.4 is 0 Å². The maximum absolute atomic E-state index is 5.96. The summed E-state index contributed by atoms with van der Waals surface area (Å²) in [5.41, 5.74) is 1.97. The normalized spacial score (nSPS) is 10.4. The van der Waals surface area contributed by atoms with Gasteiger partial charge in [-0.05, 0) is 24.6 Å². The molecule has 0 bridgehead atoms. The first kappa shape index (κ1) is 11.4. The standard InChI is InChI=1S/C11H10ClN3S/c1-8-4-6-14-11(15-8)16-7-9-3-2-5-13-10(9)12/h2-6H,7H2,1H3. The molecule has 82 valence electrons. The Bertz CT molecular complexity index is 490. The molecule has 2 rings (SSSR count). The van der Waals surface area contributed by atoms with Crippen LogP contribution in [0.25, 0.3) is 0 Å². The van der Waals surface area contributed by atoms with E-state index < -0.39 is 0 Å². The van der Waals surface area contributed by atoms with Gasteiger partial charge in [0, 0.05) is 23.8 Å². The first-order valence-corrected chi connectivity index (χ1v) is 6.14. The van der Waals surface area contributed by atoms with Gasteiger partial charge in [-0.15, -0.1) is 0 Å². The summed E-state index contributed by atoms with van der Waals surface area (Å²) in [5.74, 6) is 0.732. The molecule has 0 radical (unpaired) electrons. The summed E-state index contributed by atoms with van der Waals surface area (Å²) in [4.78, 5) is 12.5. The van der Waals surface area contributed by atoms with E-state index in [0.717, 1.165) is 22.2 Å². The molecule has 0 N–H and O–H groups in total. The number of halogens is 1. The molecular formula is C11H10ClN3S. The largest absolute Gasteiger partial charge is 0.244 e. The van der Waals surface area contributed by atoms with Crippen LogP contribution in [0.2, 0.25) is 5.15 Å². The SMILES string of the molecule is Cc1ccnc(SCc2cccnc2Cl)n1. The Morgan fingerprint density at radius 1 is 1.25 bits per heavy atom. The van der Waals surface area contributed by atoms with Crippen LogP contribution in [-0.2, 0) is 5.75 Å². The highest BCUT2D eigenvalue weighted by Crippen LogP contribution is 2.22. The van der Waals surface area contributed by atoms with E-state index in [1.54, 1.807) is 24.2 Å². The zero-order valence-corrected chi connectivity index (χ0v) is 10.3. The van der Waals surface area contributed by atoms with Gasteiger partial charge < -0.3 is 0 Å². The molecule has 0 spiro atoms. The summed E-state index contributed by atoms with van der Waals surface area (Å²) in [7, 11) is 0. The topological polar surface area (TPSA) is 38.7 Å². The molecule has 0 amide bonds. The van der Waals surface area contributed by atoms with E-state index in [0.29, 0.717) is 5.15 Å². The highest BCUT2D eigenvalue weighted by atomic mass is 35.5. The van der Waals surface area contributed by atoms with Gasteiger partial charge in [0.05, 0.1) is 0 Å². The summed E-state index contributed by atoms with van der Waals surface area (Å²) in [6, 6.07) is 5.71. The fourth-order valence-electron chi connectivity index (χ4n) is 1.16. The lowest BCUT2D eigenvalue weighted by atomic mass is 10.3. The molecule has 0 aliphatic rings. The summed E-state index contributed by atoms with van der Waals surface area (Å²) in [6.07, 6.45) is 3.44. The first-order valence-electron chi connectivity index (χ1n) is 4.77. The van der Waals surface area contributed by atoms with Gasteiger partial charge in [0.2, 0.25) is 0 Å². The molecular weight excluding hydrogens is 242 g/mol. The highest BCUT2D eigenvalue weighted by molar-refractivity contribution is 7.98. The Hall–Kier alpha value is -1.13. The van der Waals surface area contributed by atoms with Crippen LogP contribution in [0.3, 0.4) is 0 Å². The number of pyridine rings is 1. The van der Waals surface area contributed by atoms with E-state index in [1.165, 1.54) is 0 Å². The fourth-order valence-corrected chi connectivity index (χ4v) is 2.29. The molecule has 0 unspecified atom stereocenters. The molecule has 0 aliphatic carbocycles. The van der Waals surface area contributed by atoms with Crippen molar-refractivity contribution in [3.8, 4) is 0 Å². The average molecular weight is 252 g/mol. The predicted octanol–water partition coefficient (Wildman–Crippen LogP) is 3.13. The fraction of sp³-hybridized carbons (Fsp3) is 0.182. The van der Waals surface area contributed by atoms with E-state index in [-0.39, 0.29) is 0 Å². The van der Waals surface area contributed by atoms with Crippen molar-refractivity contribution >= 4 is 23.4 Å². The zero-order valence-electron chi connectivity index (χ0n) is 8.72. The van der Waals surface area contributed by atoms with Crippen molar-refractivity contribution in [3.05, 3.63) is 47.0 Å². The molecule has 0 saturated carbocycles. The lowest BCUT2D eigenvalue weighted by Gasteiger charge is -2.02. The average Bonchev–Trinajstić information content (AvgIpc) is 2.28. The van der Waals surface area contributed by atoms with Crippen molar-refractivity contribution in [2.75, 3.05) is 0 Å². The zero-order chi connectivity index (χ0) is 11.4. The summed E-state index contributed by atoms with van der Waals surface area (Å²) >= 11 is 7.51. The predicted molar refractivity (Wildman–Crippen MR) is 65.6 cm³/mol. The molecule has 5 heteroatoms. The molecule has 0 aromatic carbocycles. The van der Waals surface area contributed by atoms with Crippen LogP contribution in [0.1, 0.15) is 11.3 Å². The molecule has 16 heavy (non-hydrogen) atoms. The van der Waals surface area contributed by atoms with Crippen LogP contribution in [0.4, 0.5) is 0 Å². The van der Waals surface area contributed by atoms with Crippen molar-refractivity contribution in [2.24, 2.45) is 0 Å². The molecule has 3 nitrogen and oxygen atoms in total. The van der Waals surface area contributed by atoms with E-state index in [4.69, 9.17) is 11.6 Å². The van der Waals surface area contributed by atoms with Gasteiger partial charge in [0.1, 0.15) is 5.15 Å². The number of nitrogens with zero attached hydrogens (tertiary/aromatic N) is 3. The van der Waals surface area contributed by atoms with Crippen molar-refractivity contribution in [3.63, 3.8) is 0 Å². The Balaban J connectivity index is 2.05. The van der Waals surface area contributed by atoms with Crippen LogP contribution >= 0.6 is 23.4 Å². The van der Waals surface area contributed by atoms with E-state index in [9.17, 15) is 0 Å². The van der Waals surface area contributed by atoms with E-state index >= 15 is 0 Å². The first-order chi connectivity index (χ1) is 7.75. The third kappa shape index (κ3) is 2.93. The Morgan fingerprint density at radius 3 is 2.88 bits per heavy atom. The molecule has 2 aromatic rings. The molecule has 0 fully saturated rings. The number of hydrogen-bond acceptors (Lipinski definition) is 4. The quantitative estimate of drug-likeness (QED) is 0.477. The van der Waals surface area contributed by atoms with Crippen LogP contribution in [0, 0.1) is 6.92 Å². The summed E-state index contributed by atoms with van der Waals surface area (Å²) in [5, 5.41) is 1.31. The second kappa shape index (κ2) is 5.27. The molecule has 0 atom stereocenters. The van der Waals surface area contributed by atoms with E-state index in [2.05, 4.69) is 15.0 Å². The lowest BCUT2D eigenvalue weighted by molar-refractivity contribution is 0.931. The second-order valence-electron chi connectivity index (χ2n) is 3.22. The second-order valence-corrected chi connectivity index (χ2v) is 4.52. The van der Waals surface area contributed by atoms with Crippen molar-refractivity contribution < 1.29 is 0 Å². The Labute approximate surface area is 103 Å². The van der Waals surface area contributed by atoms with Gasteiger partial charge in [0.15, 0.2) is 5.16 Å². The van der Waals surface area contributed by atoms with Crippen LogP contribution in [-0.4, -0.2) is 15.0 Å². The number of aryl methyl sites for hydroxylation is 1. The van der Waals surface area contributed by atoms with Crippen LogP contribution in [0.15, 0.2) is 35.7 Å². The van der Waals surface area contributed by atoms with Crippen molar-refractivity contribution in [1.82, 2.24) is 15.0 Å². The molecule has 0 saturated heterocycles. The van der Waals surface area contributed by atoms with Gasteiger partial charge in [-0.1, -0.05) is 29.4 Å². The minimum atomic E-state index is 0.544. The Kier molecular flexibility index (Phi) is 3.74. The number of rotatable bonds is 3. The molecule has 2 heterocycles. The third-order valence-electron chi connectivity index (χ3n) is 1.97. The number of aromatic nitrogens is 3. The van der Waals surface area contributed by atoms with Gasteiger partial charge in [-0.2, -0.15) is 0 Å². The smallest absolute Gasteiger partial charge is 0.188 e. The van der Waals surface area contributed by atoms with Crippen molar-refractivity contribution in [2.45, 2.75) is 17.8 Å². The Morgan fingerprint density at radius 2 is 2.12 bits per heavy atom. The van der Waals surface area contributed by atoms with Gasteiger partial charge in [0.25, 0.3) is 0 Å². The van der Waals surface area contributed by atoms with Gasteiger partial charge in [-0.25, -0.2) is 15.0 Å². The summed E-state index contributed by atoms with van der Waals surface area (Å²) < 4.78 is 0. The minimum absolute atomic E-state index is 0.544. The maximum Gasteiger partial charge on any atom is 0.188 e. The number of thioether (sulfide) groups is 1.